The van der Waals surface area contributed by atoms with Crippen molar-refractivity contribution in [3.05, 3.63) is 34.9 Å². The fourth-order valence-electron chi connectivity index (χ4n) is 5.78. The first-order valence-corrected chi connectivity index (χ1v) is 10.8. The molecule has 8 nitrogen and oxygen atoms in total. The molecular weight excluding hydrogens is 384 g/mol. The van der Waals surface area contributed by atoms with E-state index in [2.05, 4.69) is 10.2 Å². The zero-order valence-corrected chi connectivity index (χ0v) is 16.8. The molecular formula is C22H26N4O4. The quantitative estimate of drug-likeness (QED) is 0.708. The van der Waals surface area contributed by atoms with E-state index in [-0.39, 0.29) is 24.8 Å². The number of nitrogens with two attached hydrogens (primary N) is 1. The Morgan fingerprint density at radius 1 is 1.03 bits per heavy atom. The molecule has 4 atom stereocenters. The minimum Gasteiger partial charge on any atom is -0.326 e. The molecule has 3 heterocycles. The standard InChI is InChI=1S/C22H26N4O4/c23-16-11-25(9-12-3-1-5-14(12)16)10-13-4-2-6-15-19(13)22(30)26(21(15)29)17-7-8-18(27)24-20(17)28/h2,4,6,12,14,16-17H,1,3,5,7-11,23H2,(H,24,27,28)/t12-,14-,16+,17?/m0/s1. The van der Waals surface area contributed by atoms with Crippen LogP contribution in [-0.4, -0.2) is 58.6 Å². The Balaban J connectivity index is 1.40. The maximum absolute atomic E-state index is 13.2. The van der Waals surface area contributed by atoms with Crippen molar-refractivity contribution in [1.82, 2.24) is 15.1 Å². The van der Waals surface area contributed by atoms with Gasteiger partial charge in [-0.2, -0.15) is 0 Å². The van der Waals surface area contributed by atoms with E-state index in [1.807, 2.05) is 6.07 Å². The molecule has 5 rings (SSSR count). The van der Waals surface area contributed by atoms with Crippen LogP contribution in [0.5, 0.6) is 0 Å². The van der Waals surface area contributed by atoms with Gasteiger partial charge in [-0.3, -0.25) is 34.3 Å². The first kappa shape index (κ1) is 19.4. The lowest BCUT2D eigenvalue weighted by molar-refractivity contribution is -0.136. The topological polar surface area (TPSA) is 113 Å². The van der Waals surface area contributed by atoms with Gasteiger partial charge >= 0.3 is 0 Å². The number of amides is 4. The van der Waals surface area contributed by atoms with Gasteiger partial charge in [0.05, 0.1) is 11.1 Å². The van der Waals surface area contributed by atoms with Crippen molar-refractivity contribution in [2.45, 2.75) is 50.7 Å². The van der Waals surface area contributed by atoms with Gasteiger partial charge in [0, 0.05) is 32.1 Å². The fraction of sp³-hybridized carbons (Fsp3) is 0.545. The Morgan fingerprint density at radius 3 is 2.67 bits per heavy atom. The summed E-state index contributed by atoms with van der Waals surface area (Å²) in [6, 6.07) is 4.51. The average Bonchev–Trinajstić information content (AvgIpc) is 3.27. The van der Waals surface area contributed by atoms with Crippen LogP contribution in [0.2, 0.25) is 0 Å². The van der Waals surface area contributed by atoms with Crippen LogP contribution in [0.3, 0.4) is 0 Å². The van der Waals surface area contributed by atoms with E-state index in [9.17, 15) is 19.2 Å². The molecule has 158 valence electrons. The summed E-state index contributed by atoms with van der Waals surface area (Å²) in [5.41, 5.74) is 7.94. The average molecular weight is 410 g/mol. The number of rotatable bonds is 3. The Bertz CT molecular complexity index is 945. The van der Waals surface area contributed by atoms with Gasteiger partial charge in [0.15, 0.2) is 0 Å². The molecule has 2 saturated heterocycles. The third kappa shape index (κ3) is 3.06. The number of benzene rings is 1. The van der Waals surface area contributed by atoms with Crippen LogP contribution in [0.4, 0.5) is 0 Å². The molecule has 1 aliphatic carbocycles. The molecule has 30 heavy (non-hydrogen) atoms. The lowest BCUT2D eigenvalue weighted by atomic mass is 9.85. The monoisotopic (exact) mass is 410 g/mol. The van der Waals surface area contributed by atoms with E-state index in [0.29, 0.717) is 29.5 Å². The summed E-state index contributed by atoms with van der Waals surface area (Å²) >= 11 is 0. The molecule has 0 aromatic heterocycles. The van der Waals surface area contributed by atoms with Crippen LogP contribution >= 0.6 is 0 Å². The number of nitrogens with zero attached hydrogens (tertiary/aromatic N) is 2. The van der Waals surface area contributed by atoms with Gasteiger partial charge in [-0.25, -0.2) is 0 Å². The Hall–Kier alpha value is -2.58. The lowest BCUT2D eigenvalue weighted by Crippen LogP contribution is -2.54. The summed E-state index contributed by atoms with van der Waals surface area (Å²) in [5.74, 6) is -0.675. The Kier molecular flexibility index (Phi) is 4.71. The van der Waals surface area contributed by atoms with E-state index in [1.165, 1.54) is 19.3 Å². The van der Waals surface area contributed by atoms with Crippen LogP contribution in [0.25, 0.3) is 0 Å². The molecule has 0 radical (unpaired) electrons. The third-order valence-corrected chi connectivity index (χ3v) is 7.18. The number of carbonyl (C=O) groups excluding carboxylic acids is 4. The molecule has 3 fully saturated rings. The number of likely N-dealkylation sites (tertiary alicyclic amines) is 1. The van der Waals surface area contributed by atoms with Gasteiger partial charge in [-0.15, -0.1) is 0 Å². The lowest BCUT2D eigenvalue weighted by Gasteiger charge is -2.39. The van der Waals surface area contributed by atoms with Crippen molar-refractivity contribution >= 4 is 23.6 Å². The number of hydrogen-bond donors (Lipinski definition) is 2. The van der Waals surface area contributed by atoms with Gasteiger partial charge in [0.2, 0.25) is 11.8 Å². The van der Waals surface area contributed by atoms with E-state index in [4.69, 9.17) is 5.73 Å². The van der Waals surface area contributed by atoms with Crippen molar-refractivity contribution in [3.63, 3.8) is 0 Å². The first-order chi connectivity index (χ1) is 14.4. The second kappa shape index (κ2) is 7.28. The highest BCUT2D eigenvalue weighted by molar-refractivity contribution is 6.24. The van der Waals surface area contributed by atoms with Gasteiger partial charge in [0.1, 0.15) is 6.04 Å². The number of hydrogen-bond acceptors (Lipinski definition) is 6. The second-order valence-electron chi connectivity index (χ2n) is 9.00. The van der Waals surface area contributed by atoms with Gasteiger partial charge < -0.3 is 5.73 Å². The summed E-state index contributed by atoms with van der Waals surface area (Å²) in [6.07, 6.45) is 3.91. The van der Waals surface area contributed by atoms with Gasteiger partial charge in [0.25, 0.3) is 11.8 Å². The van der Waals surface area contributed by atoms with Crippen LogP contribution in [0.1, 0.15) is 58.4 Å². The largest absolute Gasteiger partial charge is 0.326 e. The molecule has 8 heteroatoms. The maximum atomic E-state index is 13.2. The van der Waals surface area contributed by atoms with Crippen LogP contribution in [0.15, 0.2) is 18.2 Å². The molecule has 4 aliphatic rings. The summed E-state index contributed by atoms with van der Waals surface area (Å²) < 4.78 is 0. The number of imide groups is 2. The molecule has 3 aliphatic heterocycles. The van der Waals surface area contributed by atoms with E-state index in [1.54, 1.807) is 12.1 Å². The zero-order chi connectivity index (χ0) is 21.0. The molecule has 4 amide bonds. The predicted octanol–water partition coefficient (Wildman–Crippen LogP) is 0.647. The maximum Gasteiger partial charge on any atom is 0.262 e. The number of piperidine rings is 2. The van der Waals surface area contributed by atoms with Crippen molar-refractivity contribution in [1.29, 1.82) is 0 Å². The fourth-order valence-corrected chi connectivity index (χ4v) is 5.78. The van der Waals surface area contributed by atoms with Gasteiger partial charge in [-0.05, 0) is 42.7 Å². The molecule has 1 aromatic carbocycles. The van der Waals surface area contributed by atoms with E-state index < -0.39 is 23.8 Å². The molecule has 0 spiro atoms. The van der Waals surface area contributed by atoms with Crippen LogP contribution in [-0.2, 0) is 16.1 Å². The number of carbonyl (C=O) groups is 4. The highest BCUT2D eigenvalue weighted by Gasteiger charge is 2.46. The van der Waals surface area contributed by atoms with Crippen molar-refractivity contribution < 1.29 is 19.2 Å². The highest BCUT2D eigenvalue weighted by Crippen LogP contribution is 2.38. The zero-order valence-electron chi connectivity index (χ0n) is 16.8. The predicted molar refractivity (Wildman–Crippen MR) is 107 cm³/mol. The molecule has 0 bridgehead atoms. The van der Waals surface area contributed by atoms with Gasteiger partial charge in [-0.1, -0.05) is 18.6 Å². The van der Waals surface area contributed by atoms with Crippen molar-refractivity contribution in [2.24, 2.45) is 17.6 Å². The molecule has 1 aromatic rings. The van der Waals surface area contributed by atoms with Crippen LogP contribution in [0, 0.1) is 11.8 Å². The minimum absolute atomic E-state index is 0.116. The van der Waals surface area contributed by atoms with E-state index >= 15 is 0 Å². The highest BCUT2D eigenvalue weighted by atomic mass is 16.2. The Labute approximate surface area is 174 Å². The first-order valence-electron chi connectivity index (χ1n) is 10.8. The van der Waals surface area contributed by atoms with E-state index in [0.717, 1.165) is 23.6 Å². The number of fused-ring (bicyclic) bond motifs is 2. The smallest absolute Gasteiger partial charge is 0.262 e. The minimum atomic E-state index is -0.939. The van der Waals surface area contributed by atoms with Crippen molar-refractivity contribution in [2.75, 3.05) is 13.1 Å². The van der Waals surface area contributed by atoms with Crippen LogP contribution < -0.4 is 11.1 Å². The summed E-state index contributed by atoms with van der Waals surface area (Å²) in [7, 11) is 0. The van der Waals surface area contributed by atoms with Crippen molar-refractivity contribution in [3.8, 4) is 0 Å². The molecule has 1 saturated carbocycles. The normalized spacial score (nSPS) is 31.7. The second-order valence-corrected chi connectivity index (χ2v) is 9.00. The summed E-state index contributed by atoms with van der Waals surface area (Å²) in [5, 5.41) is 2.23. The Morgan fingerprint density at radius 2 is 1.87 bits per heavy atom. The SMILES string of the molecule is N[C@@H]1CN(Cc2cccc3c2C(=O)N(C2CCC(=O)NC2=O)C3=O)C[C@@H]2CCC[C@@H]21. The summed E-state index contributed by atoms with van der Waals surface area (Å²) in [4.78, 5) is 53.3. The number of nitrogens with one attached hydrogen (secondary N) is 1. The summed E-state index contributed by atoms with van der Waals surface area (Å²) in [6.45, 7) is 2.30. The molecule has 1 unspecified atom stereocenters. The molecule has 3 N–H and O–H groups in total. The third-order valence-electron chi connectivity index (χ3n) is 7.18.